The lowest BCUT2D eigenvalue weighted by atomic mass is 9.72. The van der Waals surface area contributed by atoms with E-state index in [4.69, 9.17) is 9.05 Å². The monoisotopic (exact) mass is 762 g/mol. The second kappa shape index (κ2) is 14.6. The van der Waals surface area contributed by atoms with E-state index in [0.29, 0.717) is 0 Å². The number of hydrogen-bond acceptors (Lipinski definition) is 2. The minimum absolute atomic E-state index is 0.130. The number of hydrogen-bond donors (Lipinski definition) is 0. The standard InChI is InChI=1S/C46H60N4O2P2/c1-33-35(43(3,4)5)31-37(45(9,10)11)41(51-53(47-23-15-16-24-47)48-25-17-18-26-48)39(33)40-34(2)36(44(6,7)8)32-38(46(12,13)14)42(40)52-54(49-27-19-20-28-49)50-29-21-22-30-50/h15-32H,1-14H3. The lowest BCUT2D eigenvalue weighted by Crippen LogP contribution is -2.23. The predicted molar refractivity (Wildman–Crippen MR) is 231 cm³/mol. The molecule has 0 bridgehead atoms. The molecule has 0 saturated carbocycles. The maximum absolute atomic E-state index is 7.64. The van der Waals surface area contributed by atoms with Gasteiger partial charge in [0.25, 0.3) is 0 Å². The first-order valence-electron chi connectivity index (χ1n) is 19.0. The van der Waals surface area contributed by atoms with Gasteiger partial charge < -0.3 is 9.05 Å². The van der Waals surface area contributed by atoms with Gasteiger partial charge in [-0.15, -0.1) is 0 Å². The minimum Gasteiger partial charge on any atom is -0.435 e. The molecule has 0 aliphatic carbocycles. The number of rotatable bonds is 9. The summed E-state index contributed by atoms with van der Waals surface area (Å²) in [6.07, 6.45) is 16.9. The molecular weight excluding hydrogens is 702 g/mol. The Kier molecular flexibility index (Phi) is 10.7. The minimum atomic E-state index is -1.34. The molecule has 0 aliphatic rings. The van der Waals surface area contributed by atoms with Crippen LogP contribution in [0.3, 0.4) is 0 Å². The van der Waals surface area contributed by atoms with Crippen LogP contribution < -0.4 is 9.05 Å². The second-order valence-electron chi connectivity index (χ2n) is 18.5. The van der Waals surface area contributed by atoms with Crippen LogP contribution in [-0.4, -0.2) is 17.4 Å². The second-order valence-corrected chi connectivity index (χ2v) is 21.8. The molecule has 286 valence electrons. The molecule has 6 rings (SSSR count). The van der Waals surface area contributed by atoms with Gasteiger partial charge in [-0.1, -0.05) is 95.2 Å². The Bertz CT molecular complexity index is 1940. The molecule has 0 amide bonds. The van der Waals surface area contributed by atoms with Gasteiger partial charge >= 0.3 is 16.9 Å². The first kappa shape index (κ1) is 39.7. The van der Waals surface area contributed by atoms with Crippen LogP contribution in [0, 0.1) is 13.8 Å². The van der Waals surface area contributed by atoms with E-state index in [-0.39, 0.29) is 21.7 Å². The molecule has 0 atom stereocenters. The summed E-state index contributed by atoms with van der Waals surface area (Å²) in [6.45, 7) is 32.4. The Balaban J connectivity index is 1.81. The largest absolute Gasteiger partial charge is 0.435 e. The first-order chi connectivity index (χ1) is 25.2. The van der Waals surface area contributed by atoms with Crippen molar-refractivity contribution in [1.82, 2.24) is 17.4 Å². The highest BCUT2D eigenvalue weighted by molar-refractivity contribution is 7.50. The fraction of sp³-hybridized carbons (Fsp3) is 0.391. The molecule has 0 fully saturated rings. The first-order valence-corrected chi connectivity index (χ1v) is 21.4. The van der Waals surface area contributed by atoms with Crippen LogP contribution in [0.25, 0.3) is 11.1 Å². The lowest BCUT2D eigenvalue weighted by molar-refractivity contribution is 0.513. The van der Waals surface area contributed by atoms with Crippen LogP contribution in [0.2, 0.25) is 0 Å². The quantitative estimate of drug-likeness (QED) is 0.138. The van der Waals surface area contributed by atoms with E-state index in [1.165, 1.54) is 33.4 Å². The normalized spacial score (nSPS) is 13.0. The van der Waals surface area contributed by atoms with Crippen molar-refractivity contribution in [3.05, 3.63) is 144 Å². The summed E-state index contributed by atoms with van der Waals surface area (Å²) >= 11 is 0. The van der Waals surface area contributed by atoms with E-state index < -0.39 is 16.9 Å². The lowest BCUT2D eigenvalue weighted by Gasteiger charge is -2.36. The third-order valence-electron chi connectivity index (χ3n) is 10.1. The number of aromatic nitrogens is 4. The Morgan fingerprint density at radius 2 is 0.593 bits per heavy atom. The van der Waals surface area contributed by atoms with Gasteiger partial charge in [0.05, 0.1) is 0 Å². The predicted octanol–water partition coefficient (Wildman–Crippen LogP) is 13.8. The molecule has 0 aliphatic heterocycles. The summed E-state index contributed by atoms with van der Waals surface area (Å²) in [4.78, 5) is 0. The van der Waals surface area contributed by atoms with E-state index in [9.17, 15) is 0 Å². The Morgan fingerprint density at radius 1 is 0.370 bits per heavy atom. The summed E-state index contributed by atoms with van der Waals surface area (Å²) in [5.41, 5.74) is 8.89. The Hall–Kier alpha value is -3.98. The molecule has 0 N–H and O–H groups in total. The van der Waals surface area contributed by atoms with Crippen molar-refractivity contribution in [2.24, 2.45) is 0 Å². The maximum atomic E-state index is 7.64. The molecule has 4 aromatic heterocycles. The van der Waals surface area contributed by atoms with Gasteiger partial charge in [-0.25, -0.2) is 0 Å². The van der Waals surface area contributed by atoms with E-state index in [1.807, 2.05) is 0 Å². The Morgan fingerprint density at radius 3 is 0.796 bits per heavy atom. The summed E-state index contributed by atoms with van der Waals surface area (Å²) < 4.78 is 24.1. The fourth-order valence-electron chi connectivity index (χ4n) is 7.33. The SMILES string of the molecule is Cc1c(C(C)(C)C)cc(C(C)(C)C)c(OP(n2cccc2)n2cccc2)c1-c1c(C)c(C(C)(C)C)cc(C(C)(C)C)c1OP(n1cccc1)n1cccc1. The zero-order valence-corrected chi connectivity index (χ0v) is 36.7. The third kappa shape index (κ3) is 7.89. The van der Waals surface area contributed by atoms with Crippen LogP contribution in [0.5, 0.6) is 11.5 Å². The van der Waals surface area contributed by atoms with Crippen molar-refractivity contribution in [3.63, 3.8) is 0 Å². The Labute approximate surface area is 327 Å². The molecule has 0 unspecified atom stereocenters. The summed E-state index contributed by atoms with van der Waals surface area (Å²) in [5.74, 6) is 1.82. The molecule has 0 spiro atoms. The van der Waals surface area contributed by atoms with E-state index in [2.05, 4.69) is 225 Å². The van der Waals surface area contributed by atoms with Crippen LogP contribution in [0.15, 0.2) is 110 Å². The highest BCUT2D eigenvalue weighted by Gasteiger charge is 2.37. The van der Waals surface area contributed by atoms with E-state index in [0.717, 1.165) is 22.6 Å². The number of nitrogens with zero attached hydrogens (tertiary/aromatic N) is 4. The molecule has 8 heteroatoms. The molecule has 6 aromatic rings. The van der Waals surface area contributed by atoms with Crippen LogP contribution in [-0.2, 0) is 21.7 Å². The van der Waals surface area contributed by atoms with Gasteiger partial charge in [0, 0.05) is 71.8 Å². The molecule has 6 nitrogen and oxygen atoms in total. The van der Waals surface area contributed by atoms with Crippen LogP contribution in [0.4, 0.5) is 0 Å². The highest BCUT2D eigenvalue weighted by Crippen LogP contribution is 2.58. The van der Waals surface area contributed by atoms with Crippen molar-refractivity contribution in [2.75, 3.05) is 0 Å². The molecular formula is C46H60N4O2P2. The average molecular weight is 763 g/mol. The number of benzene rings is 2. The van der Waals surface area contributed by atoms with Crippen molar-refractivity contribution in [3.8, 4) is 22.6 Å². The summed E-state index contributed by atoms with van der Waals surface area (Å²) in [5, 5.41) is 0. The van der Waals surface area contributed by atoms with Crippen molar-refractivity contribution in [2.45, 2.75) is 119 Å². The van der Waals surface area contributed by atoms with Crippen molar-refractivity contribution < 1.29 is 9.05 Å². The summed E-state index contributed by atoms with van der Waals surface area (Å²) in [6, 6.07) is 21.4. The maximum Gasteiger partial charge on any atom is 0.317 e. The molecule has 54 heavy (non-hydrogen) atoms. The highest BCUT2D eigenvalue weighted by atomic mass is 31.2. The topological polar surface area (TPSA) is 38.2 Å². The molecule has 4 heterocycles. The van der Waals surface area contributed by atoms with Gasteiger partial charge in [0.2, 0.25) is 0 Å². The zero-order chi connectivity index (χ0) is 39.4. The average Bonchev–Trinajstić information content (AvgIpc) is 3.89. The smallest absolute Gasteiger partial charge is 0.317 e. The van der Waals surface area contributed by atoms with Crippen LogP contribution in [0.1, 0.15) is 116 Å². The van der Waals surface area contributed by atoms with Gasteiger partial charge in [0.1, 0.15) is 11.5 Å². The van der Waals surface area contributed by atoms with Gasteiger partial charge in [-0.05, 0) is 106 Å². The molecule has 2 aromatic carbocycles. The third-order valence-corrected chi connectivity index (χ3v) is 13.4. The van der Waals surface area contributed by atoms with Crippen molar-refractivity contribution in [1.29, 1.82) is 0 Å². The summed E-state index contributed by atoms with van der Waals surface area (Å²) in [7, 11) is -2.68. The van der Waals surface area contributed by atoms with Crippen LogP contribution >= 0.6 is 16.9 Å². The van der Waals surface area contributed by atoms with Gasteiger partial charge in [-0.2, -0.15) is 0 Å². The van der Waals surface area contributed by atoms with E-state index >= 15 is 0 Å². The van der Waals surface area contributed by atoms with Crippen molar-refractivity contribution >= 4 is 16.9 Å². The van der Waals surface area contributed by atoms with E-state index in [1.54, 1.807) is 0 Å². The molecule has 0 radical (unpaired) electrons. The van der Waals surface area contributed by atoms with Gasteiger partial charge in [0.15, 0.2) is 0 Å². The van der Waals surface area contributed by atoms with Gasteiger partial charge in [-0.3, -0.25) is 17.4 Å². The zero-order valence-electron chi connectivity index (χ0n) is 34.9. The fourth-order valence-corrected chi connectivity index (χ4v) is 10.4. The molecule has 0 saturated heterocycles.